The molecule has 0 spiro atoms. The number of Topliss-reactive ketones (excluding diaryl/α,β-unsaturated/α-hetero) is 1. The summed E-state index contributed by atoms with van der Waals surface area (Å²) in [7, 11) is 0. The molecule has 0 unspecified atom stereocenters. The Balaban J connectivity index is 1.21. The lowest BCUT2D eigenvalue weighted by Crippen LogP contribution is -2.54. The molecule has 1 N–H and O–H groups in total. The lowest BCUT2D eigenvalue weighted by molar-refractivity contribution is -0.167. The van der Waals surface area contributed by atoms with Gasteiger partial charge in [-0.25, -0.2) is 9.59 Å². The van der Waals surface area contributed by atoms with Crippen molar-refractivity contribution in [3.63, 3.8) is 0 Å². The fraction of sp³-hybridized carbons (Fsp3) is 0.730. The molecule has 0 saturated heterocycles. The Morgan fingerprint density at radius 3 is 2.29 bits per heavy atom. The number of ether oxygens (including phenoxy) is 3. The molecular weight excluding hydrogens is 570 g/mol. The van der Waals surface area contributed by atoms with Gasteiger partial charge in [0.05, 0.1) is 6.42 Å². The van der Waals surface area contributed by atoms with Crippen LogP contribution in [0.2, 0.25) is 0 Å². The number of ketones is 1. The molecular formula is C37H53NO7. The highest BCUT2D eigenvalue weighted by Gasteiger charge is 2.61. The van der Waals surface area contributed by atoms with E-state index in [0.29, 0.717) is 29.5 Å². The van der Waals surface area contributed by atoms with E-state index in [2.05, 4.69) is 19.2 Å². The minimum Gasteiger partial charge on any atom is -0.461 e. The van der Waals surface area contributed by atoms with E-state index in [0.717, 1.165) is 44.1 Å². The molecule has 248 valence electrons. The number of rotatable bonds is 8. The zero-order chi connectivity index (χ0) is 32.6. The zero-order valence-electron chi connectivity index (χ0n) is 28.1. The number of carbonyl (C=O) groups is 4. The summed E-state index contributed by atoms with van der Waals surface area (Å²) in [6.07, 6.45) is 7.94. The normalized spacial score (nSPS) is 34.7. The minimum absolute atomic E-state index is 0.0777. The topological polar surface area (TPSA) is 108 Å². The van der Waals surface area contributed by atoms with Gasteiger partial charge in [-0.3, -0.25) is 9.59 Å². The third kappa shape index (κ3) is 7.25. The maximum Gasteiger partial charge on any atom is 0.408 e. The Labute approximate surface area is 268 Å². The van der Waals surface area contributed by atoms with Crippen molar-refractivity contribution in [2.75, 3.05) is 0 Å². The van der Waals surface area contributed by atoms with Crippen molar-refractivity contribution in [3.8, 4) is 0 Å². The highest BCUT2D eigenvalue weighted by Crippen LogP contribution is 2.67. The van der Waals surface area contributed by atoms with Crippen molar-refractivity contribution in [1.82, 2.24) is 5.32 Å². The minimum atomic E-state index is -1.21. The molecule has 1 amide bonds. The monoisotopic (exact) mass is 623 g/mol. The molecule has 0 aliphatic heterocycles. The number of hydrogen-bond acceptors (Lipinski definition) is 7. The molecule has 1 aromatic rings. The van der Waals surface area contributed by atoms with E-state index in [-0.39, 0.29) is 35.9 Å². The van der Waals surface area contributed by atoms with Crippen molar-refractivity contribution < 1.29 is 33.4 Å². The predicted molar refractivity (Wildman–Crippen MR) is 170 cm³/mol. The second-order valence-corrected chi connectivity index (χ2v) is 15.8. The van der Waals surface area contributed by atoms with Crippen LogP contribution in [0.15, 0.2) is 30.3 Å². The fourth-order valence-corrected chi connectivity index (χ4v) is 9.85. The summed E-state index contributed by atoms with van der Waals surface area (Å²) in [6, 6.07) is 8.10. The highest BCUT2D eigenvalue weighted by atomic mass is 16.6. The molecule has 0 radical (unpaired) electrons. The number of hydrogen-bond donors (Lipinski definition) is 1. The third-order valence-corrected chi connectivity index (χ3v) is 12.0. The lowest BCUT2D eigenvalue weighted by atomic mass is 9.44. The van der Waals surface area contributed by atoms with Gasteiger partial charge in [0.1, 0.15) is 30.1 Å². The van der Waals surface area contributed by atoms with Gasteiger partial charge in [0, 0.05) is 5.92 Å². The van der Waals surface area contributed by atoms with Crippen molar-refractivity contribution >= 4 is 23.8 Å². The van der Waals surface area contributed by atoms with Gasteiger partial charge in [0.25, 0.3) is 0 Å². The number of alkyl carbamates (subject to hydrolysis) is 1. The van der Waals surface area contributed by atoms with Crippen molar-refractivity contribution in [3.05, 3.63) is 35.9 Å². The Bertz CT molecular complexity index is 1260. The molecule has 0 bridgehead atoms. The van der Waals surface area contributed by atoms with E-state index < -0.39 is 29.7 Å². The summed E-state index contributed by atoms with van der Waals surface area (Å²) in [5, 5.41) is 2.57. The molecule has 0 heterocycles. The van der Waals surface area contributed by atoms with E-state index >= 15 is 0 Å². The third-order valence-electron chi connectivity index (χ3n) is 12.0. The van der Waals surface area contributed by atoms with Crippen molar-refractivity contribution in [2.45, 2.75) is 130 Å². The summed E-state index contributed by atoms with van der Waals surface area (Å²) >= 11 is 0. The second-order valence-electron chi connectivity index (χ2n) is 15.8. The quantitative estimate of drug-likeness (QED) is 0.242. The number of fused-ring (bicyclic) bond motifs is 5. The Hall–Kier alpha value is -2.90. The second kappa shape index (κ2) is 13.1. The van der Waals surface area contributed by atoms with Crippen LogP contribution < -0.4 is 5.32 Å². The van der Waals surface area contributed by atoms with E-state index in [1.54, 1.807) is 27.7 Å². The van der Waals surface area contributed by atoms with Gasteiger partial charge < -0.3 is 19.5 Å². The van der Waals surface area contributed by atoms with Crippen molar-refractivity contribution in [1.29, 1.82) is 0 Å². The van der Waals surface area contributed by atoms with Crippen molar-refractivity contribution in [2.24, 2.45) is 40.4 Å². The number of amides is 1. The number of benzene rings is 1. The molecule has 8 heteroatoms. The zero-order valence-corrected chi connectivity index (χ0v) is 28.1. The molecule has 1 aromatic carbocycles. The maximum absolute atomic E-state index is 13.5. The van der Waals surface area contributed by atoms with Gasteiger partial charge in [-0.05, 0) is 126 Å². The van der Waals surface area contributed by atoms with E-state index in [4.69, 9.17) is 14.2 Å². The van der Waals surface area contributed by atoms with Crippen LogP contribution in [0.25, 0.3) is 0 Å². The van der Waals surface area contributed by atoms with Crippen LogP contribution in [0, 0.1) is 40.4 Å². The average Bonchev–Trinajstić information content (AvgIpc) is 3.33. The molecule has 4 saturated carbocycles. The first kappa shape index (κ1) is 33.5. The Morgan fingerprint density at radius 2 is 1.60 bits per heavy atom. The first-order chi connectivity index (χ1) is 21.2. The molecule has 4 fully saturated rings. The lowest BCUT2D eigenvalue weighted by Gasteiger charge is -2.61. The van der Waals surface area contributed by atoms with Gasteiger partial charge in [0.2, 0.25) is 0 Å². The van der Waals surface area contributed by atoms with Crippen LogP contribution in [0.3, 0.4) is 0 Å². The summed E-state index contributed by atoms with van der Waals surface area (Å²) in [5.41, 5.74) is 0.401. The largest absolute Gasteiger partial charge is 0.461 e. The van der Waals surface area contributed by atoms with Crippen LogP contribution in [-0.2, 0) is 35.2 Å². The predicted octanol–water partition coefficient (Wildman–Crippen LogP) is 7.17. The van der Waals surface area contributed by atoms with Crippen LogP contribution in [0.4, 0.5) is 4.79 Å². The number of nitrogens with one attached hydrogen (secondary N) is 1. The first-order valence-electron chi connectivity index (χ1n) is 17.1. The first-order valence-corrected chi connectivity index (χ1v) is 17.1. The highest BCUT2D eigenvalue weighted by molar-refractivity contribution is 5.86. The van der Waals surface area contributed by atoms with E-state index in [9.17, 15) is 19.2 Å². The maximum atomic E-state index is 13.5. The molecule has 45 heavy (non-hydrogen) atoms. The number of esters is 2. The smallest absolute Gasteiger partial charge is 0.408 e. The Morgan fingerprint density at radius 1 is 0.911 bits per heavy atom. The fourth-order valence-electron chi connectivity index (χ4n) is 9.85. The van der Waals surface area contributed by atoms with E-state index in [1.807, 2.05) is 30.3 Å². The van der Waals surface area contributed by atoms with Crippen LogP contribution in [0.5, 0.6) is 0 Å². The summed E-state index contributed by atoms with van der Waals surface area (Å²) in [5.74, 6) is 1.72. The average molecular weight is 624 g/mol. The summed E-state index contributed by atoms with van der Waals surface area (Å²) < 4.78 is 16.8. The molecule has 0 aromatic heterocycles. The van der Waals surface area contributed by atoms with Crippen LogP contribution in [0.1, 0.15) is 111 Å². The van der Waals surface area contributed by atoms with Gasteiger partial charge >= 0.3 is 18.0 Å². The number of carbonyl (C=O) groups excluding carboxylic acids is 4. The van der Waals surface area contributed by atoms with Gasteiger partial charge in [-0.15, -0.1) is 0 Å². The summed E-state index contributed by atoms with van der Waals surface area (Å²) in [6.45, 7) is 11.9. The standard InChI is InChI=1S/C37H53NO7/c1-23(39)28-14-15-29-27-13-12-25-20-26(16-18-36(25,5)30(27)17-19-37(28,29)6)44-33(41)31(38-34(42)45-35(2,3)4)21-32(40)43-22-24-10-8-7-9-11-24/h7-11,25-31H,12-22H2,1-6H3,(H,38,42)/t25-,26-,27+,28-,29+,30+,31+,36+,37-/m1/s1. The summed E-state index contributed by atoms with van der Waals surface area (Å²) in [4.78, 5) is 51.4. The molecule has 4 aliphatic carbocycles. The molecule has 8 nitrogen and oxygen atoms in total. The Kier molecular flexibility index (Phi) is 9.72. The molecule has 5 rings (SSSR count). The van der Waals surface area contributed by atoms with Crippen LogP contribution >= 0.6 is 0 Å². The van der Waals surface area contributed by atoms with Crippen LogP contribution in [-0.4, -0.2) is 41.6 Å². The SMILES string of the molecule is CC(=O)[C@H]1CC[C@H]2[C@@H]3CC[C@@H]4C[C@H](OC(=O)[C@H](CC(=O)OCc5ccccc5)NC(=O)OC(C)(C)C)CC[C@]4(C)[C@H]3CC[C@]12C. The van der Waals surface area contributed by atoms with Gasteiger partial charge in [-0.2, -0.15) is 0 Å². The molecule has 9 atom stereocenters. The van der Waals surface area contributed by atoms with Gasteiger partial charge in [0.15, 0.2) is 0 Å². The molecule has 4 aliphatic rings. The van der Waals surface area contributed by atoms with Gasteiger partial charge in [-0.1, -0.05) is 44.2 Å². The van der Waals surface area contributed by atoms with E-state index in [1.165, 1.54) is 19.3 Å².